The van der Waals surface area contributed by atoms with Crippen LogP contribution in [0.4, 0.5) is 0 Å². The number of aliphatic hydroxyl groups excluding tert-OH is 1. The van der Waals surface area contributed by atoms with Gasteiger partial charge in [0.2, 0.25) is 0 Å². The van der Waals surface area contributed by atoms with Crippen molar-refractivity contribution in [1.29, 1.82) is 0 Å². The van der Waals surface area contributed by atoms with Crippen molar-refractivity contribution in [3.63, 3.8) is 0 Å². The Bertz CT molecular complexity index is 351. The van der Waals surface area contributed by atoms with Gasteiger partial charge in [-0.3, -0.25) is 0 Å². The van der Waals surface area contributed by atoms with Gasteiger partial charge in [-0.15, -0.1) is 0 Å². The van der Waals surface area contributed by atoms with Gasteiger partial charge in [-0.1, -0.05) is 57.6 Å². The molecular formula is C18H31NO2. The summed E-state index contributed by atoms with van der Waals surface area (Å²) in [6.45, 7) is 2.74. The van der Waals surface area contributed by atoms with Crippen LogP contribution in [0, 0.1) is 0 Å². The summed E-state index contributed by atoms with van der Waals surface area (Å²) in [7, 11) is 0. The maximum absolute atomic E-state index is 9.34. The molecule has 21 heavy (non-hydrogen) atoms. The van der Waals surface area contributed by atoms with Gasteiger partial charge in [0.25, 0.3) is 0 Å². The van der Waals surface area contributed by atoms with Crippen LogP contribution in [-0.4, -0.2) is 24.4 Å². The van der Waals surface area contributed by atoms with Crippen molar-refractivity contribution in [3.05, 3.63) is 29.8 Å². The molecule has 0 heterocycles. The summed E-state index contributed by atoms with van der Waals surface area (Å²) in [5, 5.41) is 9.34. The van der Waals surface area contributed by atoms with E-state index in [1.807, 2.05) is 12.1 Å². The van der Waals surface area contributed by atoms with Crippen LogP contribution in [-0.2, 0) is 6.42 Å². The highest BCUT2D eigenvalue weighted by molar-refractivity contribution is 5.27. The molecule has 0 fully saturated rings. The van der Waals surface area contributed by atoms with E-state index in [0.29, 0.717) is 0 Å². The molecule has 0 bridgehead atoms. The average Bonchev–Trinajstić information content (AvgIpc) is 2.52. The number of hydrogen-bond acceptors (Lipinski definition) is 3. The molecule has 0 aliphatic carbocycles. The number of benzene rings is 1. The highest BCUT2D eigenvalue weighted by atomic mass is 16.5. The summed E-state index contributed by atoms with van der Waals surface area (Å²) in [5.74, 6) is 0.797. The Labute approximate surface area is 129 Å². The number of nitrogens with two attached hydrogens (primary N) is 1. The highest BCUT2D eigenvalue weighted by Crippen LogP contribution is 2.15. The van der Waals surface area contributed by atoms with Crippen LogP contribution in [0.1, 0.15) is 57.4 Å². The first kappa shape index (κ1) is 18.0. The fourth-order valence-corrected chi connectivity index (χ4v) is 2.30. The quantitative estimate of drug-likeness (QED) is 0.578. The molecule has 0 radical (unpaired) electrons. The molecule has 0 amide bonds. The smallest absolute Gasteiger partial charge is 0.119 e. The Kier molecular flexibility index (Phi) is 9.92. The van der Waals surface area contributed by atoms with E-state index in [0.717, 1.165) is 12.2 Å². The standard InChI is InChI=1S/C18H31NO2/c1-2-3-4-5-6-7-8-9-16-10-12-18(13-11-16)21-15-17(20)14-19/h10-13,17,20H,2-9,14-15,19H2,1H3/t17-/m1/s1. The van der Waals surface area contributed by atoms with Crippen LogP contribution in [0.15, 0.2) is 24.3 Å². The summed E-state index contributed by atoms with van der Waals surface area (Å²) < 4.78 is 5.46. The zero-order chi connectivity index (χ0) is 15.3. The molecular weight excluding hydrogens is 262 g/mol. The molecule has 1 aromatic rings. The van der Waals surface area contributed by atoms with Crippen molar-refractivity contribution in [1.82, 2.24) is 0 Å². The molecule has 0 aliphatic heterocycles. The number of hydrogen-bond donors (Lipinski definition) is 2. The van der Waals surface area contributed by atoms with E-state index in [9.17, 15) is 5.11 Å². The zero-order valence-electron chi connectivity index (χ0n) is 13.4. The fraction of sp³-hybridized carbons (Fsp3) is 0.667. The van der Waals surface area contributed by atoms with Crippen molar-refractivity contribution in [2.24, 2.45) is 5.73 Å². The second kappa shape index (κ2) is 11.6. The summed E-state index contributed by atoms with van der Waals surface area (Å²) in [4.78, 5) is 0. The number of aryl methyl sites for hydroxylation is 1. The van der Waals surface area contributed by atoms with Gasteiger partial charge in [0.15, 0.2) is 0 Å². The van der Waals surface area contributed by atoms with Crippen LogP contribution in [0.25, 0.3) is 0 Å². The molecule has 0 aliphatic rings. The van der Waals surface area contributed by atoms with Crippen molar-refractivity contribution in [2.75, 3.05) is 13.2 Å². The third kappa shape index (κ3) is 8.74. The van der Waals surface area contributed by atoms with Crippen molar-refractivity contribution in [3.8, 4) is 5.75 Å². The van der Waals surface area contributed by atoms with Crippen LogP contribution < -0.4 is 10.5 Å². The second-order valence-corrected chi connectivity index (χ2v) is 5.72. The van der Waals surface area contributed by atoms with Gasteiger partial charge >= 0.3 is 0 Å². The predicted octanol–water partition coefficient (Wildman–Crippen LogP) is 3.68. The molecule has 1 atom stereocenters. The topological polar surface area (TPSA) is 55.5 Å². The van der Waals surface area contributed by atoms with Crippen LogP contribution >= 0.6 is 0 Å². The predicted molar refractivity (Wildman–Crippen MR) is 88.7 cm³/mol. The van der Waals surface area contributed by atoms with Gasteiger partial charge in [-0.05, 0) is 30.5 Å². The Morgan fingerprint density at radius 1 is 1.00 bits per heavy atom. The van der Waals surface area contributed by atoms with E-state index in [-0.39, 0.29) is 13.2 Å². The van der Waals surface area contributed by atoms with E-state index < -0.39 is 6.10 Å². The normalized spacial score (nSPS) is 12.3. The summed E-state index contributed by atoms with van der Waals surface area (Å²) in [6, 6.07) is 8.17. The summed E-state index contributed by atoms with van der Waals surface area (Å²) in [6.07, 6.45) is 9.95. The monoisotopic (exact) mass is 293 g/mol. The fourth-order valence-electron chi connectivity index (χ4n) is 2.30. The first-order valence-electron chi connectivity index (χ1n) is 8.36. The Morgan fingerprint density at radius 2 is 1.62 bits per heavy atom. The maximum Gasteiger partial charge on any atom is 0.119 e. The third-order valence-electron chi connectivity index (χ3n) is 3.71. The molecule has 3 N–H and O–H groups in total. The van der Waals surface area contributed by atoms with Gasteiger partial charge in [0.05, 0.1) is 0 Å². The van der Waals surface area contributed by atoms with Crippen LogP contribution in [0.5, 0.6) is 5.75 Å². The lowest BCUT2D eigenvalue weighted by Crippen LogP contribution is -2.26. The lowest BCUT2D eigenvalue weighted by atomic mass is 10.0. The zero-order valence-corrected chi connectivity index (χ0v) is 13.4. The second-order valence-electron chi connectivity index (χ2n) is 5.72. The van der Waals surface area contributed by atoms with Gasteiger partial charge < -0.3 is 15.6 Å². The summed E-state index contributed by atoms with van der Waals surface area (Å²) >= 11 is 0. The minimum absolute atomic E-state index is 0.232. The van der Waals surface area contributed by atoms with Gasteiger partial charge in [-0.2, -0.15) is 0 Å². The SMILES string of the molecule is CCCCCCCCCc1ccc(OC[C@H](O)CN)cc1. The number of aliphatic hydroxyl groups is 1. The first-order valence-corrected chi connectivity index (χ1v) is 8.36. The molecule has 0 unspecified atom stereocenters. The molecule has 1 aromatic carbocycles. The molecule has 0 saturated heterocycles. The Hall–Kier alpha value is -1.06. The summed E-state index contributed by atoms with van der Waals surface area (Å²) in [5.41, 5.74) is 6.69. The van der Waals surface area contributed by atoms with Gasteiger partial charge in [0.1, 0.15) is 18.5 Å². The Morgan fingerprint density at radius 3 is 2.24 bits per heavy atom. The molecule has 120 valence electrons. The third-order valence-corrected chi connectivity index (χ3v) is 3.71. The first-order chi connectivity index (χ1) is 10.3. The number of ether oxygens (including phenoxy) is 1. The number of unbranched alkanes of at least 4 members (excludes halogenated alkanes) is 6. The van der Waals surface area contributed by atoms with Gasteiger partial charge in [-0.25, -0.2) is 0 Å². The van der Waals surface area contributed by atoms with Gasteiger partial charge in [0, 0.05) is 6.54 Å². The molecule has 0 aromatic heterocycles. The van der Waals surface area contributed by atoms with Crippen molar-refractivity contribution < 1.29 is 9.84 Å². The van der Waals surface area contributed by atoms with Crippen molar-refractivity contribution in [2.45, 2.75) is 64.4 Å². The molecule has 1 rings (SSSR count). The van der Waals surface area contributed by atoms with E-state index >= 15 is 0 Å². The van der Waals surface area contributed by atoms with Crippen LogP contribution in [0.2, 0.25) is 0 Å². The molecule has 0 saturated carbocycles. The average molecular weight is 293 g/mol. The molecule has 0 spiro atoms. The molecule has 3 heteroatoms. The van der Waals surface area contributed by atoms with Crippen molar-refractivity contribution >= 4 is 0 Å². The lowest BCUT2D eigenvalue weighted by molar-refractivity contribution is 0.114. The molecule has 3 nitrogen and oxygen atoms in total. The Balaban J connectivity index is 2.13. The van der Waals surface area contributed by atoms with E-state index in [1.54, 1.807) is 0 Å². The van der Waals surface area contributed by atoms with Crippen LogP contribution in [0.3, 0.4) is 0 Å². The lowest BCUT2D eigenvalue weighted by Gasteiger charge is -2.10. The number of rotatable bonds is 12. The van der Waals surface area contributed by atoms with E-state index in [4.69, 9.17) is 10.5 Å². The van der Waals surface area contributed by atoms with E-state index in [1.165, 1.54) is 50.5 Å². The minimum Gasteiger partial charge on any atom is -0.491 e. The maximum atomic E-state index is 9.34. The highest BCUT2D eigenvalue weighted by Gasteiger charge is 2.02. The minimum atomic E-state index is -0.586. The largest absolute Gasteiger partial charge is 0.491 e. The van der Waals surface area contributed by atoms with E-state index in [2.05, 4.69) is 19.1 Å².